The van der Waals surface area contributed by atoms with E-state index in [0.717, 1.165) is 17.6 Å². The second kappa shape index (κ2) is 9.94. The number of nitrogens with zero attached hydrogens (tertiary/aromatic N) is 2. The highest BCUT2D eigenvalue weighted by Crippen LogP contribution is 2.60. The summed E-state index contributed by atoms with van der Waals surface area (Å²) in [6, 6.07) is 33.1. The van der Waals surface area contributed by atoms with E-state index in [4.69, 9.17) is 9.98 Å². The van der Waals surface area contributed by atoms with E-state index >= 15 is 0 Å². The lowest BCUT2D eigenvalue weighted by atomic mass is 10.4. The van der Waals surface area contributed by atoms with Crippen LogP contribution in [0.3, 0.4) is 0 Å². The van der Waals surface area contributed by atoms with Crippen LogP contribution in [0.15, 0.2) is 101 Å². The summed E-state index contributed by atoms with van der Waals surface area (Å²) in [5.41, 5.74) is 1.02. The van der Waals surface area contributed by atoms with Crippen molar-refractivity contribution >= 4 is 46.9 Å². The van der Waals surface area contributed by atoms with Crippen molar-refractivity contribution in [2.24, 2.45) is 9.98 Å². The Morgan fingerprint density at radius 2 is 1.26 bits per heavy atom. The molecule has 31 heavy (non-hydrogen) atoms. The third-order valence-corrected chi connectivity index (χ3v) is 11.6. The zero-order chi connectivity index (χ0) is 21.6. The zero-order valence-corrected chi connectivity index (χ0v) is 20.0. The summed E-state index contributed by atoms with van der Waals surface area (Å²) in [4.78, 5) is 9.72. The highest BCUT2D eigenvalue weighted by Gasteiger charge is 2.53. The summed E-state index contributed by atoms with van der Waals surface area (Å²) in [7, 11) is -1.98. The molecule has 0 saturated heterocycles. The molecule has 1 unspecified atom stereocenters. The number of hydrogen-bond acceptors (Lipinski definition) is 3. The average Bonchev–Trinajstić information content (AvgIpc) is 3.20. The molecule has 0 spiro atoms. The molecule has 1 atom stereocenters. The maximum Gasteiger partial charge on any atom is 0.232 e. The van der Waals surface area contributed by atoms with Crippen molar-refractivity contribution in [2.75, 3.05) is 11.9 Å². The highest BCUT2D eigenvalue weighted by molar-refractivity contribution is 8.02. The van der Waals surface area contributed by atoms with Gasteiger partial charge in [-0.3, -0.25) is 0 Å². The molecule has 0 saturated carbocycles. The van der Waals surface area contributed by atoms with E-state index in [1.54, 1.807) is 0 Å². The third kappa shape index (κ3) is 4.68. The lowest BCUT2D eigenvalue weighted by Crippen LogP contribution is -2.40. The van der Waals surface area contributed by atoms with E-state index in [0.29, 0.717) is 0 Å². The van der Waals surface area contributed by atoms with Gasteiger partial charge in [0.15, 0.2) is 0 Å². The first-order valence-corrected chi connectivity index (χ1v) is 13.9. The fourth-order valence-electron chi connectivity index (χ4n) is 4.18. The number of rotatable bonds is 9. The summed E-state index contributed by atoms with van der Waals surface area (Å²) >= 11 is 1.91. The minimum atomic E-state index is -1.98. The van der Waals surface area contributed by atoms with Gasteiger partial charge in [-0.15, -0.1) is 11.8 Å². The molecule has 158 valence electrons. The van der Waals surface area contributed by atoms with Gasteiger partial charge in [0.25, 0.3) is 0 Å². The Morgan fingerprint density at radius 1 is 0.774 bits per heavy atom. The molecular formula is C27H30N2PS+. The predicted octanol–water partition coefficient (Wildman–Crippen LogP) is 5.71. The van der Waals surface area contributed by atoms with Crippen LogP contribution in [0.5, 0.6) is 0 Å². The van der Waals surface area contributed by atoms with E-state index in [2.05, 4.69) is 105 Å². The van der Waals surface area contributed by atoms with Gasteiger partial charge in [-0.2, -0.15) is 0 Å². The van der Waals surface area contributed by atoms with E-state index in [1.807, 2.05) is 18.0 Å². The first-order chi connectivity index (χ1) is 15.2. The normalized spacial score (nSPS) is 18.2. The van der Waals surface area contributed by atoms with E-state index in [9.17, 15) is 0 Å². The van der Waals surface area contributed by atoms with Gasteiger partial charge in [-0.1, -0.05) is 67.9 Å². The standard InChI is InChI=1S/C27H30N2PS/c1-3-4-20-31-27(28-21-23(2)29-27)22-30(24-14-8-5-9-15-24,25-16-10-6-11-17-25)26-18-12-7-13-19-26/h5-19,21H,3-4,20,22H2,1-2H3/q+1. The van der Waals surface area contributed by atoms with Crippen molar-refractivity contribution in [2.45, 2.75) is 31.7 Å². The second-order valence-corrected chi connectivity index (χ2v) is 12.8. The summed E-state index contributed by atoms with van der Waals surface area (Å²) in [5.74, 6) is 1.07. The van der Waals surface area contributed by atoms with Crippen LogP contribution in [0.4, 0.5) is 0 Å². The Balaban J connectivity index is 1.93. The Bertz CT molecular complexity index is 938. The molecule has 4 heteroatoms. The largest absolute Gasteiger partial charge is 0.248 e. The fraction of sp³-hybridized carbons (Fsp3) is 0.259. The molecule has 3 aromatic rings. The van der Waals surface area contributed by atoms with Gasteiger partial charge in [-0.25, -0.2) is 9.98 Å². The van der Waals surface area contributed by atoms with Crippen molar-refractivity contribution in [3.63, 3.8) is 0 Å². The second-order valence-electron chi connectivity index (χ2n) is 7.93. The molecule has 1 heterocycles. The number of benzene rings is 3. The van der Waals surface area contributed by atoms with Gasteiger partial charge in [0.1, 0.15) is 29.3 Å². The van der Waals surface area contributed by atoms with Crippen molar-refractivity contribution in [1.82, 2.24) is 0 Å². The molecule has 0 N–H and O–H groups in total. The molecule has 1 aliphatic rings. The van der Waals surface area contributed by atoms with Crippen LogP contribution < -0.4 is 15.9 Å². The molecular weight excluding hydrogens is 415 g/mol. The maximum absolute atomic E-state index is 5.14. The van der Waals surface area contributed by atoms with Crippen LogP contribution in [0.2, 0.25) is 0 Å². The van der Waals surface area contributed by atoms with Gasteiger partial charge >= 0.3 is 0 Å². The molecule has 0 aliphatic carbocycles. The van der Waals surface area contributed by atoms with Crippen molar-refractivity contribution in [3.05, 3.63) is 91.0 Å². The van der Waals surface area contributed by atoms with Crippen molar-refractivity contribution < 1.29 is 0 Å². The van der Waals surface area contributed by atoms with Gasteiger partial charge in [-0.05, 0) is 55.5 Å². The van der Waals surface area contributed by atoms with Crippen molar-refractivity contribution in [3.8, 4) is 0 Å². The summed E-state index contributed by atoms with van der Waals surface area (Å²) < 4.78 is 0. The van der Waals surface area contributed by atoms with Crippen LogP contribution in [-0.2, 0) is 0 Å². The summed E-state index contributed by atoms with van der Waals surface area (Å²) in [6.45, 7) is 4.31. The minimum absolute atomic E-state index is 0.464. The number of aliphatic imine (C=N–C) groups is 2. The SMILES string of the molecule is CCCCSC1(C[P+](c2ccccc2)(c2ccccc2)c2ccccc2)N=CC(C)=N1. The molecule has 0 aromatic heterocycles. The van der Waals surface area contributed by atoms with Gasteiger partial charge in [0.05, 0.1) is 5.71 Å². The van der Waals surface area contributed by atoms with E-state index in [1.165, 1.54) is 28.8 Å². The smallest absolute Gasteiger partial charge is 0.232 e. The Labute approximate surface area is 191 Å². The van der Waals surface area contributed by atoms with Crippen LogP contribution in [-0.4, -0.2) is 28.8 Å². The quantitative estimate of drug-likeness (QED) is 0.306. The fourth-order valence-corrected chi connectivity index (χ4v) is 10.5. The molecule has 3 aromatic carbocycles. The van der Waals surface area contributed by atoms with Crippen LogP contribution in [0, 0.1) is 0 Å². The first kappa shape index (κ1) is 22.0. The van der Waals surface area contributed by atoms with Crippen LogP contribution in [0.1, 0.15) is 26.7 Å². The summed E-state index contributed by atoms with van der Waals surface area (Å²) in [6.07, 6.45) is 5.23. The molecule has 0 bridgehead atoms. The number of hydrogen-bond donors (Lipinski definition) is 0. The third-order valence-electron chi connectivity index (χ3n) is 5.67. The number of thioether (sulfide) groups is 1. The number of unbranched alkanes of at least 4 members (excludes halogenated alkanes) is 1. The Hall–Kier alpha value is -2.22. The minimum Gasteiger partial charge on any atom is -0.248 e. The lowest BCUT2D eigenvalue weighted by molar-refractivity contribution is 0.744. The first-order valence-electron chi connectivity index (χ1n) is 11.0. The Kier molecular flexibility index (Phi) is 7.05. The molecule has 4 rings (SSSR count). The van der Waals surface area contributed by atoms with E-state index in [-0.39, 0.29) is 0 Å². The van der Waals surface area contributed by atoms with Gasteiger partial charge in [0, 0.05) is 6.21 Å². The lowest BCUT2D eigenvalue weighted by Gasteiger charge is -2.33. The van der Waals surface area contributed by atoms with E-state index < -0.39 is 12.3 Å². The van der Waals surface area contributed by atoms with Gasteiger partial charge in [0.2, 0.25) is 4.99 Å². The molecule has 0 fully saturated rings. The Morgan fingerprint density at radius 3 is 1.65 bits per heavy atom. The van der Waals surface area contributed by atoms with Gasteiger partial charge < -0.3 is 0 Å². The average molecular weight is 446 g/mol. The van der Waals surface area contributed by atoms with Crippen molar-refractivity contribution in [1.29, 1.82) is 0 Å². The van der Waals surface area contributed by atoms with Crippen LogP contribution in [0.25, 0.3) is 0 Å². The molecule has 0 radical (unpaired) electrons. The molecule has 1 aliphatic heterocycles. The molecule has 2 nitrogen and oxygen atoms in total. The topological polar surface area (TPSA) is 24.7 Å². The molecule has 0 amide bonds. The monoisotopic (exact) mass is 445 g/mol. The summed E-state index contributed by atoms with van der Waals surface area (Å²) in [5, 5.41) is 4.16. The highest BCUT2D eigenvalue weighted by atomic mass is 32.2. The predicted molar refractivity (Wildman–Crippen MR) is 142 cm³/mol. The zero-order valence-electron chi connectivity index (χ0n) is 18.3. The van der Waals surface area contributed by atoms with Crippen LogP contribution >= 0.6 is 19.0 Å². The maximum atomic E-state index is 5.14.